The van der Waals surface area contributed by atoms with Crippen molar-refractivity contribution in [2.45, 2.75) is 0 Å². The second-order valence-corrected chi connectivity index (χ2v) is 3.04. The minimum Gasteiger partial charge on any atom is -0.497 e. The number of hydrogen-bond donors (Lipinski definition) is 1. The van der Waals surface area contributed by atoms with E-state index in [1.54, 1.807) is 32.4 Å². The highest BCUT2D eigenvalue weighted by Crippen LogP contribution is 2.31. The molecule has 2 N–H and O–H groups in total. The summed E-state index contributed by atoms with van der Waals surface area (Å²) >= 11 is 5.54. The lowest BCUT2D eigenvalue weighted by molar-refractivity contribution is 0.404. The molecule has 0 radical (unpaired) electrons. The van der Waals surface area contributed by atoms with Gasteiger partial charge in [-0.05, 0) is 12.1 Å². The first kappa shape index (κ1) is 11.7. The van der Waals surface area contributed by atoms with E-state index >= 15 is 0 Å². The molecule has 4 nitrogen and oxygen atoms in total. The molecule has 0 fully saturated rings. The molecule has 0 aliphatic carbocycles. The van der Waals surface area contributed by atoms with Crippen LogP contribution in [0.15, 0.2) is 23.2 Å². The SMILES string of the molecule is COc1ccc(OC)c(N=C(N)CCl)c1. The van der Waals surface area contributed by atoms with Gasteiger partial charge >= 0.3 is 0 Å². The van der Waals surface area contributed by atoms with E-state index in [1.165, 1.54) is 0 Å². The van der Waals surface area contributed by atoms with Crippen molar-refractivity contribution in [2.75, 3.05) is 20.1 Å². The number of aliphatic imine (C=N–C) groups is 1. The molecule has 1 aromatic carbocycles. The molecule has 82 valence electrons. The summed E-state index contributed by atoms with van der Waals surface area (Å²) in [5, 5.41) is 0. The second-order valence-electron chi connectivity index (χ2n) is 2.77. The normalized spacial score (nSPS) is 11.3. The molecule has 0 aliphatic heterocycles. The Balaban J connectivity index is 3.12. The monoisotopic (exact) mass is 228 g/mol. The summed E-state index contributed by atoms with van der Waals surface area (Å²) in [6.07, 6.45) is 0. The Labute approximate surface area is 93.7 Å². The van der Waals surface area contributed by atoms with Gasteiger partial charge in [-0.15, -0.1) is 11.6 Å². The van der Waals surface area contributed by atoms with Crippen LogP contribution in [0.1, 0.15) is 0 Å². The van der Waals surface area contributed by atoms with Crippen molar-refractivity contribution in [3.05, 3.63) is 18.2 Å². The first-order chi connectivity index (χ1) is 7.21. The zero-order valence-corrected chi connectivity index (χ0v) is 9.41. The third-order valence-electron chi connectivity index (χ3n) is 1.79. The molecule has 0 spiro atoms. The van der Waals surface area contributed by atoms with Gasteiger partial charge in [-0.1, -0.05) is 0 Å². The summed E-state index contributed by atoms with van der Waals surface area (Å²) in [6.45, 7) is 0. The highest BCUT2D eigenvalue weighted by atomic mass is 35.5. The first-order valence-electron chi connectivity index (χ1n) is 4.32. The predicted octanol–water partition coefficient (Wildman–Crippen LogP) is 1.93. The number of alkyl halides is 1. The molecule has 0 saturated heterocycles. The van der Waals surface area contributed by atoms with Gasteiger partial charge in [-0.3, -0.25) is 0 Å². The van der Waals surface area contributed by atoms with Crippen molar-refractivity contribution in [1.82, 2.24) is 0 Å². The number of benzene rings is 1. The Morgan fingerprint density at radius 1 is 1.40 bits per heavy atom. The van der Waals surface area contributed by atoms with Crippen LogP contribution >= 0.6 is 11.6 Å². The molecule has 0 atom stereocenters. The summed E-state index contributed by atoms with van der Waals surface area (Å²) in [4.78, 5) is 4.11. The Hall–Kier alpha value is -1.42. The number of amidine groups is 1. The molecule has 0 heterocycles. The third kappa shape index (κ3) is 3.02. The molecule has 0 saturated carbocycles. The topological polar surface area (TPSA) is 56.8 Å². The molecule has 1 rings (SSSR count). The van der Waals surface area contributed by atoms with Crippen LogP contribution in [0, 0.1) is 0 Å². The maximum Gasteiger partial charge on any atom is 0.144 e. The fourth-order valence-corrected chi connectivity index (χ4v) is 1.13. The van der Waals surface area contributed by atoms with Crippen molar-refractivity contribution < 1.29 is 9.47 Å². The molecular formula is C10H13ClN2O2. The number of rotatable bonds is 4. The summed E-state index contributed by atoms with van der Waals surface area (Å²) < 4.78 is 10.2. The lowest BCUT2D eigenvalue weighted by Crippen LogP contribution is -2.12. The van der Waals surface area contributed by atoms with Gasteiger partial charge in [-0.25, -0.2) is 4.99 Å². The summed E-state index contributed by atoms with van der Waals surface area (Å²) in [6, 6.07) is 5.28. The molecule has 0 aromatic heterocycles. The van der Waals surface area contributed by atoms with Crippen molar-refractivity contribution in [3.63, 3.8) is 0 Å². The van der Waals surface area contributed by atoms with Crippen LogP contribution in [0.25, 0.3) is 0 Å². The van der Waals surface area contributed by atoms with Crippen molar-refractivity contribution in [1.29, 1.82) is 0 Å². The van der Waals surface area contributed by atoms with Crippen molar-refractivity contribution >= 4 is 23.1 Å². The van der Waals surface area contributed by atoms with Gasteiger partial charge in [0.25, 0.3) is 0 Å². The third-order valence-corrected chi connectivity index (χ3v) is 2.06. The molecule has 1 aromatic rings. The van der Waals surface area contributed by atoms with Crippen LogP contribution in [0.2, 0.25) is 0 Å². The molecule has 5 heteroatoms. The summed E-state index contributed by atoms with van der Waals surface area (Å²) in [5.41, 5.74) is 6.15. The maximum absolute atomic E-state index is 5.54. The van der Waals surface area contributed by atoms with Crippen LogP contribution in [0.3, 0.4) is 0 Å². The molecule has 0 unspecified atom stereocenters. The van der Waals surface area contributed by atoms with Crippen LogP contribution in [0.5, 0.6) is 11.5 Å². The lowest BCUT2D eigenvalue weighted by atomic mass is 10.3. The molecule has 0 bridgehead atoms. The van der Waals surface area contributed by atoms with Gasteiger partial charge in [0.1, 0.15) is 23.0 Å². The highest BCUT2D eigenvalue weighted by molar-refractivity contribution is 6.28. The van der Waals surface area contributed by atoms with Gasteiger partial charge in [-0.2, -0.15) is 0 Å². The van der Waals surface area contributed by atoms with Crippen LogP contribution in [-0.2, 0) is 0 Å². The van der Waals surface area contributed by atoms with E-state index in [4.69, 9.17) is 26.8 Å². The Kier molecular flexibility index (Phi) is 4.24. The minimum absolute atomic E-state index is 0.181. The Morgan fingerprint density at radius 2 is 2.13 bits per heavy atom. The van der Waals surface area contributed by atoms with E-state index in [-0.39, 0.29) is 5.88 Å². The van der Waals surface area contributed by atoms with Crippen LogP contribution in [0.4, 0.5) is 5.69 Å². The van der Waals surface area contributed by atoms with Gasteiger partial charge < -0.3 is 15.2 Å². The van der Waals surface area contributed by atoms with E-state index in [9.17, 15) is 0 Å². The van der Waals surface area contributed by atoms with Crippen LogP contribution in [-0.4, -0.2) is 25.9 Å². The zero-order valence-electron chi connectivity index (χ0n) is 8.66. The quantitative estimate of drug-likeness (QED) is 0.487. The zero-order chi connectivity index (χ0) is 11.3. The molecular weight excluding hydrogens is 216 g/mol. The van der Waals surface area contributed by atoms with E-state index in [0.717, 1.165) is 0 Å². The van der Waals surface area contributed by atoms with Crippen LogP contribution < -0.4 is 15.2 Å². The summed E-state index contributed by atoms with van der Waals surface area (Å²) in [5.74, 6) is 1.84. The number of ether oxygens (including phenoxy) is 2. The Bertz CT molecular complexity index is 366. The average Bonchev–Trinajstić information content (AvgIpc) is 2.28. The fraction of sp³-hybridized carbons (Fsp3) is 0.300. The van der Waals surface area contributed by atoms with E-state index in [1.807, 2.05) is 0 Å². The lowest BCUT2D eigenvalue weighted by Gasteiger charge is -2.07. The highest BCUT2D eigenvalue weighted by Gasteiger charge is 2.04. The largest absolute Gasteiger partial charge is 0.497 e. The predicted molar refractivity (Wildman–Crippen MR) is 61.5 cm³/mol. The van der Waals surface area contributed by atoms with Crippen molar-refractivity contribution in [3.8, 4) is 11.5 Å². The van der Waals surface area contributed by atoms with E-state index in [0.29, 0.717) is 23.0 Å². The maximum atomic E-state index is 5.54. The van der Waals surface area contributed by atoms with Crippen molar-refractivity contribution in [2.24, 2.45) is 10.7 Å². The number of methoxy groups -OCH3 is 2. The van der Waals surface area contributed by atoms with E-state index < -0.39 is 0 Å². The fourth-order valence-electron chi connectivity index (χ4n) is 1.07. The number of nitrogens with two attached hydrogens (primary N) is 1. The van der Waals surface area contributed by atoms with Gasteiger partial charge in [0.05, 0.1) is 20.1 Å². The van der Waals surface area contributed by atoms with Gasteiger partial charge in [0.15, 0.2) is 0 Å². The molecule has 0 amide bonds. The smallest absolute Gasteiger partial charge is 0.144 e. The number of hydrogen-bond acceptors (Lipinski definition) is 3. The minimum atomic E-state index is 0.181. The van der Waals surface area contributed by atoms with E-state index in [2.05, 4.69) is 4.99 Å². The van der Waals surface area contributed by atoms with Gasteiger partial charge in [0.2, 0.25) is 0 Å². The average molecular weight is 229 g/mol. The summed E-state index contributed by atoms with van der Waals surface area (Å²) in [7, 11) is 3.15. The Morgan fingerprint density at radius 3 is 2.67 bits per heavy atom. The number of nitrogens with zero attached hydrogens (tertiary/aromatic N) is 1. The van der Waals surface area contributed by atoms with Gasteiger partial charge in [0, 0.05) is 6.07 Å². The number of halogens is 1. The first-order valence-corrected chi connectivity index (χ1v) is 4.85. The molecule has 15 heavy (non-hydrogen) atoms. The second kappa shape index (κ2) is 5.46. The standard InChI is InChI=1S/C10H13ClN2O2/c1-14-7-3-4-9(15-2)8(5-7)13-10(12)6-11/h3-5H,6H2,1-2H3,(H2,12,13). The molecule has 0 aliphatic rings.